The number of ketones is 1. The number of carbonyl (C=O) groups is 1. The van der Waals surface area contributed by atoms with Gasteiger partial charge < -0.3 is 9.80 Å². The maximum atomic E-state index is 12.4. The summed E-state index contributed by atoms with van der Waals surface area (Å²) in [5, 5.41) is 0.799. The maximum Gasteiger partial charge on any atom is 0.168 e. The lowest BCUT2D eigenvalue weighted by Crippen LogP contribution is -2.49. The average molecular weight is 344 g/mol. The van der Waals surface area contributed by atoms with Gasteiger partial charge in [0.05, 0.1) is 17.1 Å². The Hall–Kier alpha value is -1.81. The number of amidine groups is 1. The van der Waals surface area contributed by atoms with Crippen LogP contribution in [0.25, 0.3) is 0 Å². The molecule has 2 aliphatic heterocycles. The summed E-state index contributed by atoms with van der Waals surface area (Å²) >= 11 is 6.31. The van der Waals surface area contributed by atoms with Crippen molar-refractivity contribution in [3.05, 3.63) is 40.6 Å². The monoisotopic (exact) mass is 343 g/mol. The lowest BCUT2D eigenvalue weighted by atomic mass is 9.90. The summed E-state index contributed by atoms with van der Waals surface area (Å²) in [7, 11) is 0. The fourth-order valence-corrected chi connectivity index (χ4v) is 4.11. The van der Waals surface area contributed by atoms with Crippen molar-refractivity contribution in [2.45, 2.75) is 32.1 Å². The molecule has 0 unspecified atom stereocenters. The Kier molecular flexibility index (Phi) is 4.31. The number of hydrogen-bond donors (Lipinski definition) is 0. The van der Waals surface area contributed by atoms with Crippen LogP contribution in [0.2, 0.25) is 5.02 Å². The van der Waals surface area contributed by atoms with Gasteiger partial charge >= 0.3 is 0 Å². The van der Waals surface area contributed by atoms with Crippen LogP contribution in [-0.4, -0.2) is 42.7 Å². The Bertz CT molecular complexity index is 717. The van der Waals surface area contributed by atoms with Gasteiger partial charge in [-0.05, 0) is 37.8 Å². The number of halogens is 1. The predicted octanol–water partition coefficient (Wildman–Crippen LogP) is 3.66. The molecule has 0 N–H and O–H groups in total. The number of nitrogens with zero attached hydrogens (tertiary/aromatic N) is 3. The number of rotatable bonds is 1. The molecule has 1 fully saturated rings. The number of benzene rings is 1. The zero-order valence-corrected chi connectivity index (χ0v) is 14.6. The lowest BCUT2D eigenvalue weighted by molar-refractivity contribution is -0.115. The van der Waals surface area contributed by atoms with Gasteiger partial charge in [0.25, 0.3) is 0 Å². The van der Waals surface area contributed by atoms with Crippen molar-refractivity contribution in [3.63, 3.8) is 0 Å². The second kappa shape index (κ2) is 6.60. The molecule has 4 rings (SSSR count). The van der Waals surface area contributed by atoms with Crippen molar-refractivity contribution in [1.29, 1.82) is 0 Å². The van der Waals surface area contributed by atoms with Crippen LogP contribution in [0.1, 0.15) is 32.1 Å². The van der Waals surface area contributed by atoms with Gasteiger partial charge in [-0.2, -0.15) is 0 Å². The number of para-hydroxylation sites is 1. The second-order valence-electron chi connectivity index (χ2n) is 6.69. The van der Waals surface area contributed by atoms with E-state index in [4.69, 9.17) is 16.6 Å². The number of aliphatic imine (C=N–C) groups is 1. The molecular weight excluding hydrogens is 322 g/mol. The van der Waals surface area contributed by atoms with Crippen LogP contribution in [0.5, 0.6) is 0 Å². The summed E-state index contributed by atoms with van der Waals surface area (Å²) in [6, 6.07) is 7.98. The highest BCUT2D eigenvalue weighted by Gasteiger charge is 2.29. The Morgan fingerprint density at radius 3 is 2.46 bits per heavy atom. The molecule has 0 amide bonds. The molecule has 0 saturated carbocycles. The Morgan fingerprint density at radius 1 is 0.958 bits per heavy atom. The van der Waals surface area contributed by atoms with Crippen molar-refractivity contribution >= 4 is 28.9 Å². The Labute approximate surface area is 147 Å². The molecule has 0 aromatic heterocycles. The van der Waals surface area contributed by atoms with Gasteiger partial charge in [-0.25, -0.2) is 4.99 Å². The summed E-state index contributed by atoms with van der Waals surface area (Å²) in [4.78, 5) is 21.9. The first kappa shape index (κ1) is 15.7. The summed E-state index contributed by atoms with van der Waals surface area (Å²) < 4.78 is 0. The largest absolute Gasteiger partial charge is 0.367 e. The van der Waals surface area contributed by atoms with Crippen LogP contribution < -0.4 is 4.90 Å². The van der Waals surface area contributed by atoms with Gasteiger partial charge in [0.2, 0.25) is 0 Å². The molecule has 0 bridgehead atoms. The zero-order chi connectivity index (χ0) is 16.5. The molecule has 1 aromatic rings. The third-order valence-electron chi connectivity index (χ3n) is 5.20. The molecule has 24 heavy (non-hydrogen) atoms. The number of piperazine rings is 1. The molecule has 0 atom stereocenters. The number of hydrogen-bond acceptors (Lipinski definition) is 4. The van der Waals surface area contributed by atoms with E-state index in [2.05, 4.69) is 15.9 Å². The number of allylic oxidation sites excluding steroid dienone is 2. The predicted molar refractivity (Wildman–Crippen MR) is 97.8 cm³/mol. The van der Waals surface area contributed by atoms with Gasteiger partial charge in [0, 0.05) is 37.4 Å². The molecule has 1 aromatic carbocycles. The van der Waals surface area contributed by atoms with Crippen LogP contribution in [0, 0.1) is 0 Å². The first-order chi connectivity index (χ1) is 11.7. The van der Waals surface area contributed by atoms with E-state index in [-0.39, 0.29) is 0 Å². The molecule has 2 heterocycles. The van der Waals surface area contributed by atoms with Crippen molar-refractivity contribution < 1.29 is 4.79 Å². The summed E-state index contributed by atoms with van der Waals surface area (Å²) in [6.45, 7) is 3.59. The van der Waals surface area contributed by atoms with E-state index in [1.165, 1.54) is 0 Å². The summed E-state index contributed by atoms with van der Waals surface area (Å²) in [5.41, 5.74) is 3.15. The maximum absolute atomic E-state index is 12.4. The van der Waals surface area contributed by atoms with Crippen molar-refractivity contribution in [1.82, 2.24) is 4.90 Å². The van der Waals surface area contributed by atoms with Gasteiger partial charge in [0.1, 0.15) is 5.84 Å². The molecule has 3 aliphatic rings. The third kappa shape index (κ3) is 2.95. The van der Waals surface area contributed by atoms with Gasteiger partial charge in [-0.1, -0.05) is 23.7 Å². The first-order valence-corrected chi connectivity index (χ1v) is 9.17. The average Bonchev–Trinajstić information content (AvgIpc) is 2.62. The summed E-state index contributed by atoms with van der Waals surface area (Å²) in [6.07, 6.45) is 4.65. The minimum Gasteiger partial charge on any atom is -0.367 e. The zero-order valence-electron chi connectivity index (χ0n) is 13.8. The Morgan fingerprint density at radius 2 is 1.67 bits per heavy atom. The number of anilines is 1. The highest BCUT2D eigenvalue weighted by molar-refractivity contribution is 6.33. The van der Waals surface area contributed by atoms with E-state index >= 15 is 0 Å². The third-order valence-corrected chi connectivity index (χ3v) is 5.52. The van der Waals surface area contributed by atoms with E-state index in [1.54, 1.807) is 0 Å². The van der Waals surface area contributed by atoms with Crippen LogP contribution in [-0.2, 0) is 4.79 Å². The minimum absolute atomic E-state index is 0.295. The van der Waals surface area contributed by atoms with E-state index in [0.717, 1.165) is 79.7 Å². The standard InChI is InChI=1S/C19H22ClN3O/c20-15-6-2-4-8-17(15)22-9-11-23(12-10-22)19-13-18(24)14-5-1-3-7-16(14)21-19/h2,4,6,8H,1,3,5,7,9-13H2. The molecule has 0 radical (unpaired) electrons. The van der Waals surface area contributed by atoms with E-state index in [1.807, 2.05) is 18.2 Å². The molecule has 4 nitrogen and oxygen atoms in total. The van der Waals surface area contributed by atoms with Crippen LogP contribution in [0.4, 0.5) is 5.69 Å². The fraction of sp³-hybridized carbons (Fsp3) is 0.474. The quantitative estimate of drug-likeness (QED) is 0.780. The van der Waals surface area contributed by atoms with Gasteiger partial charge in [-0.3, -0.25) is 4.79 Å². The first-order valence-electron chi connectivity index (χ1n) is 8.79. The molecule has 1 saturated heterocycles. The van der Waals surface area contributed by atoms with Gasteiger partial charge in [0.15, 0.2) is 5.78 Å². The number of Topliss-reactive ketones (excluding diaryl/α,β-unsaturated/α-hetero) is 1. The van der Waals surface area contributed by atoms with Crippen molar-refractivity contribution in [2.75, 3.05) is 31.1 Å². The van der Waals surface area contributed by atoms with E-state index < -0.39 is 0 Å². The van der Waals surface area contributed by atoms with Crippen LogP contribution >= 0.6 is 11.6 Å². The van der Waals surface area contributed by atoms with Gasteiger partial charge in [-0.15, -0.1) is 0 Å². The van der Waals surface area contributed by atoms with Crippen LogP contribution in [0.3, 0.4) is 0 Å². The highest BCUT2D eigenvalue weighted by atomic mass is 35.5. The van der Waals surface area contributed by atoms with E-state index in [0.29, 0.717) is 12.2 Å². The normalized spacial score (nSPS) is 21.7. The topological polar surface area (TPSA) is 35.9 Å². The minimum atomic E-state index is 0.295. The SMILES string of the molecule is O=C1CC(N2CCN(c3ccccc3Cl)CC2)=NC2=C1CCCC2. The highest BCUT2D eigenvalue weighted by Crippen LogP contribution is 2.31. The Balaban J connectivity index is 1.47. The molecular formula is C19H22ClN3O. The second-order valence-corrected chi connectivity index (χ2v) is 7.09. The van der Waals surface area contributed by atoms with E-state index in [9.17, 15) is 4.79 Å². The molecule has 1 aliphatic carbocycles. The number of carbonyl (C=O) groups excluding carboxylic acids is 1. The van der Waals surface area contributed by atoms with Crippen molar-refractivity contribution in [3.8, 4) is 0 Å². The molecule has 0 spiro atoms. The molecule has 126 valence electrons. The summed E-state index contributed by atoms with van der Waals surface area (Å²) in [5.74, 6) is 1.27. The lowest BCUT2D eigenvalue weighted by Gasteiger charge is -2.39. The fourth-order valence-electron chi connectivity index (χ4n) is 3.85. The smallest absolute Gasteiger partial charge is 0.168 e. The molecule has 5 heteroatoms. The van der Waals surface area contributed by atoms with Crippen molar-refractivity contribution in [2.24, 2.45) is 4.99 Å². The van der Waals surface area contributed by atoms with Crippen LogP contribution in [0.15, 0.2) is 40.5 Å².